The minimum atomic E-state index is 0.0795. The predicted molar refractivity (Wildman–Crippen MR) is 66.3 cm³/mol. The summed E-state index contributed by atoms with van der Waals surface area (Å²) in [5.41, 5.74) is 0. The van der Waals surface area contributed by atoms with Crippen LogP contribution in [0.3, 0.4) is 0 Å². The van der Waals surface area contributed by atoms with Crippen molar-refractivity contribution in [3.8, 4) is 0 Å². The van der Waals surface area contributed by atoms with Crippen LogP contribution in [0.25, 0.3) is 0 Å². The highest BCUT2D eigenvalue weighted by atomic mass is 16.2. The first-order valence-electron chi connectivity index (χ1n) is 6.18. The Kier molecular flexibility index (Phi) is 5.22. The van der Waals surface area contributed by atoms with Crippen molar-refractivity contribution in [2.24, 2.45) is 11.8 Å². The average molecular weight is 227 g/mol. The molecule has 1 amide bonds. The van der Waals surface area contributed by atoms with E-state index in [0.717, 1.165) is 26.1 Å². The maximum Gasteiger partial charge on any atom is 0.224 e. The largest absolute Gasteiger partial charge is 0.352 e. The van der Waals surface area contributed by atoms with Crippen molar-refractivity contribution >= 4 is 5.91 Å². The summed E-state index contributed by atoms with van der Waals surface area (Å²) in [5, 5.41) is 6.25. The molecular weight excluding hydrogens is 202 g/mol. The summed E-state index contributed by atoms with van der Waals surface area (Å²) < 4.78 is 0. The summed E-state index contributed by atoms with van der Waals surface area (Å²) in [6.45, 7) is 7.02. The third kappa shape index (κ3) is 3.76. The van der Waals surface area contributed by atoms with Crippen LogP contribution in [0.15, 0.2) is 0 Å². The molecule has 2 unspecified atom stereocenters. The summed E-state index contributed by atoms with van der Waals surface area (Å²) in [7, 11) is 3.99. The molecule has 0 bridgehead atoms. The van der Waals surface area contributed by atoms with Gasteiger partial charge in [-0.1, -0.05) is 13.8 Å². The normalized spacial score (nSPS) is 23.7. The Bertz CT molecular complexity index is 230. The Hall–Kier alpha value is -0.610. The Morgan fingerprint density at radius 2 is 2.19 bits per heavy atom. The lowest BCUT2D eigenvalue weighted by molar-refractivity contribution is -0.126. The van der Waals surface area contributed by atoms with Crippen molar-refractivity contribution in [2.45, 2.75) is 26.3 Å². The lowest BCUT2D eigenvalue weighted by Gasteiger charge is -2.22. The van der Waals surface area contributed by atoms with Gasteiger partial charge in [0, 0.05) is 19.1 Å². The smallest absolute Gasteiger partial charge is 0.224 e. The molecule has 0 radical (unpaired) electrons. The summed E-state index contributed by atoms with van der Waals surface area (Å²) in [5.74, 6) is 0.659. The third-order valence-electron chi connectivity index (χ3n) is 3.30. The van der Waals surface area contributed by atoms with Crippen molar-refractivity contribution in [3.63, 3.8) is 0 Å². The second-order valence-corrected chi connectivity index (χ2v) is 5.16. The van der Waals surface area contributed by atoms with Gasteiger partial charge in [0.25, 0.3) is 0 Å². The van der Waals surface area contributed by atoms with Gasteiger partial charge in [-0.2, -0.15) is 0 Å². The monoisotopic (exact) mass is 227 g/mol. The van der Waals surface area contributed by atoms with E-state index < -0.39 is 0 Å². The van der Waals surface area contributed by atoms with Crippen LogP contribution in [0.5, 0.6) is 0 Å². The van der Waals surface area contributed by atoms with Crippen molar-refractivity contribution in [1.29, 1.82) is 0 Å². The highest BCUT2D eigenvalue weighted by Gasteiger charge is 2.26. The Morgan fingerprint density at radius 1 is 1.50 bits per heavy atom. The van der Waals surface area contributed by atoms with Gasteiger partial charge in [-0.05, 0) is 33.0 Å². The van der Waals surface area contributed by atoms with E-state index in [2.05, 4.69) is 36.4 Å². The number of carbonyl (C=O) groups excluding carboxylic acids is 1. The third-order valence-corrected chi connectivity index (χ3v) is 3.30. The van der Waals surface area contributed by atoms with Crippen LogP contribution in [-0.4, -0.2) is 50.6 Å². The first-order valence-corrected chi connectivity index (χ1v) is 6.18. The van der Waals surface area contributed by atoms with Crippen LogP contribution < -0.4 is 10.6 Å². The first-order chi connectivity index (χ1) is 7.54. The average Bonchev–Trinajstić information content (AvgIpc) is 2.59. The van der Waals surface area contributed by atoms with Crippen LogP contribution in [0, 0.1) is 11.8 Å². The summed E-state index contributed by atoms with van der Waals surface area (Å²) in [6.07, 6.45) is 1.08. The summed E-state index contributed by atoms with van der Waals surface area (Å²) >= 11 is 0. The van der Waals surface area contributed by atoms with Crippen LogP contribution in [0.1, 0.15) is 20.3 Å². The number of amides is 1. The Morgan fingerprint density at radius 3 is 2.62 bits per heavy atom. The van der Waals surface area contributed by atoms with Gasteiger partial charge in [0.15, 0.2) is 0 Å². The van der Waals surface area contributed by atoms with Gasteiger partial charge >= 0.3 is 0 Å². The molecule has 2 atom stereocenters. The zero-order chi connectivity index (χ0) is 12.1. The molecule has 2 N–H and O–H groups in total. The number of hydrogen-bond acceptors (Lipinski definition) is 3. The number of likely N-dealkylation sites (N-methyl/N-ethyl adjacent to an activating group) is 1. The zero-order valence-corrected chi connectivity index (χ0v) is 10.9. The number of nitrogens with zero attached hydrogens (tertiary/aromatic N) is 1. The SMILES string of the molecule is CNCC(C(=O)NC1CCN(C)C1)C(C)C. The molecule has 94 valence electrons. The maximum atomic E-state index is 12.1. The summed E-state index contributed by atoms with van der Waals surface area (Å²) in [6, 6.07) is 0.343. The fraction of sp³-hybridized carbons (Fsp3) is 0.917. The van der Waals surface area contributed by atoms with E-state index in [-0.39, 0.29) is 11.8 Å². The molecule has 1 heterocycles. The van der Waals surface area contributed by atoms with Gasteiger partial charge in [0.05, 0.1) is 5.92 Å². The molecule has 0 aromatic carbocycles. The van der Waals surface area contributed by atoms with E-state index >= 15 is 0 Å². The number of likely N-dealkylation sites (tertiary alicyclic amines) is 1. The highest BCUT2D eigenvalue weighted by Crippen LogP contribution is 2.12. The molecule has 0 spiro atoms. The molecule has 0 aromatic rings. The molecule has 16 heavy (non-hydrogen) atoms. The summed E-state index contributed by atoms with van der Waals surface area (Å²) in [4.78, 5) is 14.3. The van der Waals surface area contributed by atoms with E-state index in [1.807, 2.05) is 7.05 Å². The number of rotatable bonds is 5. The van der Waals surface area contributed by atoms with E-state index in [1.165, 1.54) is 0 Å². The van der Waals surface area contributed by atoms with Gasteiger partial charge in [0.1, 0.15) is 0 Å². The molecule has 0 saturated carbocycles. The molecule has 1 fully saturated rings. The number of nitrogens with one attached hydrogen (secondary N) is 2. The van der Waals surface area contributed by atoms with Gasteiger partial charge in [-0.25, -0.2) is 0 Å². The minimum absolute atomic E-state index is 0.0795. The fourth-order valence-electron chi connectivity index (χ4n) is 2.21. The van der Waals surface area contributed by atoms with E-state index in [4.69, 9.17) is 0 Å². The molecule has 1 rings (SSSR count). The molecule has 1 aliphatic heterocycles. The Labute approximate surface area is 98.8 Å². The topological polar surface area (TPSA) is 44.4 Å². The van der Waals surface area contributed by atoms with Gasteiger partial charge in [0.2, 0.25) is 5.91 Å². The second kappa shape index (κ2) is 6.21. The zero-order valence-electron chi connectivity index (χ0n) is 10.9. The molecule has 4 nitrogen and oxygen atoms in total. The minimum Gasteiger partial charge on any atom is -0.352 e. The molecule has 0 aliphatic carbocycles. The molecule has 0 aromatic heterocycles. The van der Waals surface area contributed by atoms with Gasteiger partial charge in [-0.3, -0.25) is 4.79 Å². The van der Waals surface area contributed by atoms with E-state index in [0.29, 0.717) is 12.0 Å². The quantitative estimate of drug-likeness (QED) is 0.710. The molecule has 1 aliphatic rings. The van der Waals surface area contributed by atoms with Crippen molar-refractivity contribution in [3.05, 3.63) is 0 Å². The van der Waals surface area contributed by atoms with E-state index in [9.17, 15) is 4.79 Å². The standard InChI is InChI=1S/C12H25N3O/c1-9(2)11(7-13-3)12(16)14-10-5-6-15(4)8-10/h9-11,13H,5-8H2,1-4H3,(H,14,16). The first kappa shape index (κ1) is 13.5. The maximum absolute atomic E-state index is 12.1. The van der Waals surface area contributed by atoms with Crippen molar-refractivity contribution < 1.29 is 4.79 Å². The van der Waals surface area contributed by atoms with Gasteiger partial charge < -0.3 is 15.5 Å². The van der Waals surface area contributed by atoms with Crippen LogP contribution in [-0.2, 0) is 4.79 Å². The van der Waals surface area contributed by atoms with Crippen LogP contribution in [0.2, 0.25) is 0 Å². The molecular formula is C12H25N3O. The second-order valence-electron chi connectivity index (χ2n) is 5.16. The fourth-order valence-corrected chi connectivity index (χ4v) is 2.21. The van der Waals surface area contributed by atoms with Gasteiger partial charge in [-0.15, -0.1) is 0 Å². The highest BCUT2D eigenvalue weighted by molar-refractivity contribution is 5.79. The Balaban J connectivity index is 2.42. The van der Waals surface area contributed by atoms with Crippen molar-refractivity contribution in [2.75, 3.05) is 33.7 Å². The lowest BCUT2D eigenvalue weighted by Crippen LogP contribution is -2.44. The van der Waals surface area contributed by atoms with Crippen LogP contribution in [0.4, 0.5) is 0 Å². The van der Waals surface area contributed by atoms with E-state index in [1.54, 1.807) is 0 Å². The number of hydrogen-bond donors (Lipinski definition) is 2. The molecule has 4 heteroatoms. The predicted octanol–water partition coefficient (Wildman–Crippen LogP) is 0.298. The lowest BCUT2D eigenvalue weighted by atomic mass is 9.94. The van der Waals surface area contributed by atoms with Crippen LogP contribution >= 0.6 is 0 Å². The number of carbonyl (C=O) groups is 1. The molecule has 1 saturated heterocycles. The van der Waals surface area contributed by atoms with Crippen molar-refractivity contribution in [1.82, 2.24) is 15.5 Å².